The van der Waals surface area contributed by atoms with Crippen LogP contribution in [0.2, 0.25) is 0 Å². The molecule has 1 heterocycles. The summed E-state index contributed by atoms with van der Waals surface area (Å²) >= 11 is 0. The zero-order valence-electron chi connectivity index (χ0n) is 13.4. The molecule has 1 aromatic carbocycles. The molecule has 2 aromatic rings. The van der Waals surface area contributed by atoms with Gasteiger partial charge in [-0.2, -0.15) is 0 Å². The Morgan fingerprint density at radius 2 is 1.96 bits per heavy atom. The number of hydrogen-bond donors (Lipinski definition) is 3. The smallest absolute Gasteiger partial charge is 0.307 e. The molecule has 0 fully saturated rings. The van der Waals surface area contributed by atoms with Crippen molar-refractivity contribution in [1.29, 1.82) is 0 Å². The number of benzene rings is 1. The molecule has 0 bridgehead atoms. The first-order valence-electron chi connectivity index (χ1n) is 7.54. The van der Waals surface area contributed by atoms with Gasteiger partial charge >= 0.3 is 5.97 Å². The van der Waals surface area contributed by atoms with Crippen molar-refractivity contribution in [2.24, 2.45) is 11.8 Å². The van der Waals surface area contributed by atoms with Crippen molar-refractivity contribution in [3.05, 3.63) is 40.7 Å². The molecule has 2 rings (SSSR count). The molecule has 0 saturated carbocycles. The minimum absolute atomic E-state index is 0.0238. The Morgan fingerprint density at radius 3 is 2.58 bits per heavy atom. The van der Waals surface area contributed by atoms with Gasteiger partial charge in [-0.1, -0.05) is 13.8 Å². The highest BCUT2D eigenvalue weighted by molar-refractivity contribution is 7.89. The number of aliphatic carboxylic acids is 1. The Labute approximate surface area is 139 Å². The molecule has 1 atom stereocenters. The lowest BCUT2D eigenvalue weighted by Crippen LogP contribution is -2.33. The number of nitrogens with one attached hydrogen (secondary N) is 2. The molecule has 0 aliphatic carbocycles. The van der Waals surface area contributed by atoms with Gasteiger partial charge in [0.25, 0.3) is 0 Å². The molecule has 0 saturated heterocycles. The molecule has 0 aliphatic heterocycles. The van der Waals surface area contributed by atoms with Crippen LogP contribution in [-0.2, 0) is 14.8 Å². The van der Waals surface area contributed by atoms with Gasteiger partial charge in [-0.15, -0.1) is 0 Å². The summed E-state index contributed by atoms with van der Waals surface area (Å²) in [5, 5.41) is 9.77. The van der Waals surface area contributed by atoms with Crippen LogP contribution in [0.25, 0.3) is 10.9 Å². The van der Waals surface area contributed by atoms with Crippen LogP contribution in [0.1, 0.15) is 20.3 Å². The average molecular weight is 352 g/mol. The first kappa shape index (κ1) is 18.2. The van der Waals surface area contributed by atoms with Crippen molar-refractivity contribution in [1.82, 2.24) is 9.71 Å². The van der Waals surface area contributed by atoms with Crippen molar-refractivity contribution in [3.63, 3.8) is 0 Å². The van der Waals surface area contributed by atoms with Gasteiger partial charge in [0, 0.05) is 18.1 Å². The highest BCUT2D eigenvalue weighted by Gasteiger charge is 2.22. The first-order chi connectivity index (χ1) is 11.2. The van der Waals surface area contributed by atoms with Gasteiger partial charge < -0.3 is 10.1 Å². The Balaban J connectivity index is 2.22. The quantitative estimate of drug-likeness (QED) is 0.699. The van der Waals surface area contributed by atoms with Crippen molar-refractivity contribution in [3.8, 4) is 0 Å². The molecule has 0 aliphatic rings. The van der Waals surface area contributed by atoms with Gasteiger partial charge in [-0.3, -0.25) is 9.59 Å². The predicted molar refractivity (Wildman–Crippen MR) is 90.3 cm³/mol. The van der Waals surface area contributed by atoms with E-state index >= 15 is 0 Å². The van der Waals surface area contributed by atoms with E-state index in [0.717, 1.165) is 0 Å². The fraction of sp³-hybridized carbons (Fsp3) is 0.375. The second-order valence-electron chi connectivity index (χ2n) is 6.09. The second kappa shape index (κ2) is 7.14. The van der Waals surface area contributed by atoms with Crippen molar-refractivity contribution >= 4 is 26.9 Å². The number of H-pyrrole nitrogens is 1. The van der Waals surface area contributed by atoms with Gasteiger partial charge in [-0.25, -0.2) is 13.1 Å². The summed E-state index contributed by atoms with van der Waals surface area (Å²) in [5.41, 5.74) is 0.263. The van der Waals surface area contributed by atoms with Crippen molar-refractivity contribution in [2.75, 3.05) is 6.54 Å². The maximum absolute atomic E-state index is 12.4. The minimum atomic E-state index is -3.83. The molecule has 7 nitrogen and oxygen atoms in total. The Bertz CT molecular complexity index is 902. The van der Waals surface area contributed by atoms with Gasteiger partial charge in [0.15, 0.2) is 0 Å². The second-order valence-corrected chi connectivity index (χ2v) is 7.86. The maximum Gasteiger partial charge on any atom is 0.307 e. The number of pyridine rings is 1. The topological polar surface area (TPSA) is 116 Å². The number of aromatic amines is 1. The molecular formula is C16H20N2O5S. The summed E-state index contributed by atoms with van der Waals surface area (Å²) in [5.74, 6) is -1.66. The highest BCUT2D eigenvalue weighted by Crippen LogP contribution is 2.17. The summed E-state index contributed by atoms with van der Waals surface area (Å²) in [7, 11) is -3.83. The largest absolute Gasteiger partial charge is 0.481 e. The third-order valence-electron chi connectivity index (χ3n) is 3.63. The van der Waals surface area contributed by atoms with E-state index in [1.54, 1.807) is 0 Å². The fourth-order valence-electron chi connectivity index (χ4n) is 2.43. The number of hydrogen-bond acceptors (Lipinski definition) is 4. The molecule has 0 spiro atoms. The van der Waals surface area contributed by atoms with E-state index in [9.17, 15) is 23.1 Å². The van der Waals surface area contributed by atoms with Crippen LogP contribution in [0.3, 0.4) is 0 Å². The number of sulfonamides is 1. The van der Waals surface area contributed by atoms with Gasteiger partial charge in [0.2, 0.25) is 15.6 Å². The lowest BCUT2D eigenvalue weighted by molar-refractivity contribution is -0.142. The zero-order valence-corrected chi connectivity index (χ0v) is 14.3. The molecule has 0 radical (unpaired) electrons. The summed E-state index contributed by atoms with van der Waals surface area (Å²) in [6.45, 7) is 3.60. The van der Waals surface area contributed by atoms with E-state index in [1.807, 2.05) is 13.8 Å². The first-order valence-corrected chi connectivity index (χ1v) is 9.03. The van der Waals surface area contributed by atoms with Crippen molar-refractivity contribution < 1.29 is 18.3 Å². The summed E-state index contributed by atoms with van der Waals surface area (Å²) < 4.78 is 27.1. The lowest BCUT2D eigenvalue weighted by Gasteiger charge is -2.15. The fourth-order valence-corrected chi connectivity index (χ4v) is 3.55. The standard InChI is InChI=1S/C16H20N2O5S/c1-10(2)7-12(16(20)21)9-17-24(22,23)13-4-5-14-11(8-13)3-6-15(19)18-14/h3-6,8,10,12,17H,7,9H2,1-2H3,(H,18,19)(H,20,21). The SMILES string of the molecule is CC(C)CC(CNS(=O)(=O)c1ccc2[nH]c(=O)ccc2c1)C(=O)O. The Morgan fingerprint density at radius 1 is 1.25 bits per heavy atom. The van der Waals surface area contributed by atoms with E-state index in [4.69, 9.17) is 0 Å². The maximum atomic E-state index is 12.4. The van der Waals surface area contributed by atoms with Gasteiger partial charge in [0.05, 0.1) is 10.8 Å². The number of carbonyl (C=O) groups is 1. The van der Waals surface area contributed by atoms with E-state index in [2.05, 4.69) is 9.71 Å². The van der Waals surface area contributed by atoms with Crippen LogP contribution in [0.4, 0.5) is 0 Å². The summed E-state index contributed by atoms with van der Waals surface area (Å²) in [4.78, 5) is 25.1. The van der Waals surface area contributed by atoms with Crippen LogP contribution < -0.4 is 10.3 Å². The van der Waals surface area contributed by atoms with Crippen LogP contribution >= 0.6 is 0 Å². The summed E-state index contributed by atoms with van der Waals surface area (Å²) in [6.07, 6.45) is 0.386. The van der Waals surface area contributed by atoms with E-state index in [1.165, 1.54) is 30.3 Å². The Kier molecular flexibility index (Phi) is 5.40. The predicted octanol–water partition coefficient (Wildman–Crippen LogP) is 1.55. The van der Waals surface area contributed by atoms with E-state index < -0.39 is 21.9 Å². The highest BCUT2D eigenvalue weighted by atomic mass is 32.2. The number of aromatic nitrogens is 1. The molecule has 3 N–H and O–H groups in total. The molecule has 130 valence electrons. The van der Waals surface area contributed by atoms with Crippen LogP contribution in [0, 0.1) is 11.8 Å². The third kappa shape index (κ3) is 4.42. The lowest BCUT2D eigenvalue weighted by atomic mass is 9.98. The van der Waals surface area contributed by atoms with Gasteiger partial charge in [-0.05, 0) is 42.0 Å². The van der Waals surface area contributed by atoms with Crippen LogP contribution in [0.15, 0.2) is 40.0 Å². The third-order valence-corrected chi connectivity index (χ3v) is 5.05. The summed E-state index contributed by atoms with van der Waals surface area (Å²) in [6, 6.07) is 7.17. The number of fused-ring (bicyclic) bond motifs is 1. The number of carboxylic acid groups (broad SMARTS) is 1. The normalized spacial score (nSPS) is 13.3. The van der Waals surface area contributed by atoms with Crippen molar-refractivity contribution in [2.45, 2.75) is 25.2 Å². The molecule has 8 heteroatoms. The molecule has 1 unspecified atom stereocenters. The minimum Gasteiger partial charge on any atom is -0.481 e. The van der Waals surface area contributed by atoms with Crippen LogP contribution in [0.5, 0.6) is 0 Å². The number of carboxylic acids is 1. The molecule has 1 aromatic heterocycles. The van der Waals surface area contributed by atoms with Gasteiger partial charge in [0.1, 0.15) is 0 Å². The Hall–Kier alpha value is -2.19. The van der Waals surface area contributed by atoms with Crippen LogP contribution in [-0.4, -0.2) is 31.0 Å². The molecule has 0 amide bonds. The zero-order chi connectivity index (χ0) is 17.9. The molecule has 24 heavy (non-hydrogen) atoms. The average Bonchev–Trinajstić information content (AvgIpc) is 2.50. The van der Waals surface area contributed by atoms with E-state index in [0.29, 0.717) is 17.3 Å². The monoisotopic (exact) mass is 352 g/mol. The molecular weight excluding hydrogens is 332 g/mol. The number of rotatable bonds is 7. The van der Waals surface area contributed by atoms with E-state index in [-0.39, 0.29) is 22.9 Å².